The lowest BCUT2D eigenvalue weighted by Gasteiger charge is -2.10. The Bertz CT molecular complexity index is 427. The number of nitrogens with one attached hydrogen (secondary N) is 2. The molecule has 1 aromatic rings. The van der Waals surface area contributed by atoms with E-state index >= 15 is 0 Å². The minimum atomic E-state index is -0.347. The Hall–Kier alpha value is -2.04. The number of anilines is 1. The molecule has 0 aromatic heterocycles. The highest BCUT2D eigenvalue weighted by Gasteiger charge is 2.07. The lowest BCUT2D eigenvalue weighted by molar-refractivity contribution is 0.0505. The van der Waals surface area contributed by atoms with Gasteiger partial charge in [0.25, 0.3) is 0 Å². The summed E-state index contributed by atoms with van der Waals surface area (Å²) in [5.74, 6) is -0.347. The number of urea groups is 1. The Kier molecular flexibility index (Phi) is 5.85. The van der Waals surface area contributed by atoms with E-state index in [0.717, 1.165) is 6.42 Å². The van der Waals surface area contributed by atoms with E-state index in [4.69, 9.17) is 4.74 Å². The molecule has 5 heteroatoms. The molecule has 0 aliphatic carbocycles. The highest BCUT2D eigenvalue weighted by atomic mass is 16.5. The zero-order chi connectivity index (χ0) is 14.3. The zero-order valence-corrected chi connectivity index (χ0v) is 11.5. The van der Waals surface area contributed by atoms with Crippen LogP contribution in [-0.4, -0.2) is 24.6 Å². The van der Waals surface area contributed by atoms with Gasteiger partial charge in [-0.3, -0.25) is 0 Å². The van der Waals surface area contributed by atoms with Crippen LogP contribution in [0.1, 0.15) is 37.6 Å². The first-order valence-corrected chi connectivity index (χ1v) is 6.37. The van der Waals surface area contributed by atoms with E-state index in [1.54, 1.807) is 24.3 Å². The SMILES string of the molecule is CCCOC(=O)c1ccc(NC(=O)NC(C)C)cc1. The van der Waals surface area contributed by atoms with Crippen LogP contribution in [0, 0.1) is 0 Å². The monoisotopic (exact) mass is 264 g/mol. The summed E-state index contributed by atoms with van der Waals surface area (Å²) in [5, 5.41) is 5.40. The number of benzene rings is 1. The summed E-state index contributed by atoms with van der Waals surface area (Å²) in [6, 6.07) is 6.40. The highest BCUT2D eigenvalue weighted by Crippen LogP contribution is 2.10. The molecule has 5 nitrogen and oxygen atoms in total. The molecular formula is C14H20N2O3. The van der Waals surface area contributed by atoms with Gasteiger partial charge in [-0.25, -0.2) is 9.59 Å². The van der Waals surface area contributed by atoms with Crippen LogP contribution in [0.25, 0.3) is 0 Å². The normalized spacial score (nSPS) is 10.1. The molecule has 19 heavy (non-hydrogen) atoms. The van der Waals surface area contributed by atoms with Gasteiger partial charge in [0, 0.05) is 11.7 Å². The Morgan fingerprint density at radius 2 is 1.84 bits per heavy atom. The average molecular weight is 264 g/mol. The topological polar surface area (TPSA) is 67.4 Å². The fraction of sp³-hybridized carbons (Fsp3) is 0.429. The largest absolute Gasteiger partial charge is 0.462 e. The van der Waals surface area contributed by atoms with Gasteiger partial charge in [0.2, 0.25) is 0 Å². The molecule has 0 heterocycles. The van der Waals surface area contributed by atoms with E-state index in [9.17, 15) is 9.59 Å². The molecule has 104 valence electrons. The molecule has 1 rings (SSSR count). The van der Waals surface area contributed by atoms with Crippen molar-refractivity contribution in [2.75, 3.05) is 11.9 Å². The summed E-state index contributed by atoms with van der Waals surface area (Å²) in [7, 11) is 0. The number of carbonyl (C=O) groups excluding carboxylic acids is 2. The van der Waals surface area contributed by atoms with Crippen molar-refractivity contribution in [3.8, 4) is 0 Å². The Morgan fingerprint density at radius 1 is 1.21 bits per heavy atom. The first-order chi connectivity index (χ1) is 9.02. The van der Waals surface area contributed by atoms with Gasteiger partial charge in [-0.2, -0.15) is 0 Å². The van der Waals surface area contributed by atoms with Crippen LogP contribution in [0.2, 0.25) is 0 Å². The van der Waals surface area contributed by atoms with E-state index in [-0.39, 0.29) is 18.0 Å². The third kappa shape index (κ3) is 5.42. The summed E-state index contributed by atoms with van der Waals surface area (Å²) >= 11 is 0. The number of esters is 1. The van der Waals surface area contributed by atoms with Crippen molar-refractivity contribution >= 4 is 17.7 Å². The van der Waals surface area contributed by atoms with Gasteiger partial charge in [-0.1, -0.05) is 6.92 Å². The number of rotatable bonds is 5. The molecule has 1 aromatic carbocycles. The van der Waals surface area contributed by atoms with Gasteiger partial charge in [-0.15, -0.1) is 0 Å². The Labute approximate surface area is 113 Å². The molecule has 0 atom stereocenters. The van der Waals surface area contributed by atoms with Crippen molar-refractivity contribution in [2.24, 2.45) is 0 Å². The van der Waals surface area contributed by atoms with Crippen LogP contribution >= 0.6 is 0 Å². The first kappa shape index (κ1) is 15.0. The van der Waals surface area contributed by atoms with Crippen LogP contribution in [0.4, 0.5) is 10.5 Å². The molecule has 0 spiro atoms. The Balaban J connectivity index is 2.56. The minimum Gasteiger partial charge on any atom is -0.462 e. The summed E-state index contributed by atoms with van der Waals surface area (Å²) < 4.78 is 5.01. The second kappa shape index (κ2) is 7.41. The zero-order valence-electron chi connectivity index (χ0n) is 11.5. The maximum atomic E-state index is 11.6. The molecule has 0 aliphatic rings. The van der Waals surface area contributed by atoms with Crippen LogP contribution in [0.15, 0.2) is 24.3 Å². The molecule has 2 N–H and O–H groups in total. The number of ether oxygens (including phenoxy) is 1. The van der Waals surface area contributed by atoms with Crippen molar-refractivity contribution in [3.05, 3.63) is 29.8 Å². The fourth-order valence-corrected chi connectivity index (χ4v) is 1.40. The quantitative estimate of drug-likeness (QED) is 0.803. The summed E-state index contributed by atoms with van der Waals surface area (Å²) in [6.07, 6.45) is 0.792. The van der Waals surface area contributed by atoms with E-state index in [1.807, 2.05) is 20.8 Å². The first-order valence-electron chi connectivity index (χ1n) is 6.37. The van der Waals surface area contributed by atoms with Crippen molar-refractivity contribution in [1.82, 2.24) is 5.32 Å². The summed E-state index contributed by atoms with van der Waals surface area (Å²) in [5.41, 5.74) is 1.11. The molecule has 0 fully saturated rings. The number of hydrogen-bond donors (Lipinski definition) is 2. The minimum absolute atomic E-state index is 0.0725. The van der Waals surface area contributed by atoms with Crippen molar-refractivity contribution < 1.29 is 14.3 Å². The van der Waals surface area contributed by atoms with Crippen LogP contribution < -0.4 is 10.6 Å². The van der Waals surface area contributed by atoms with E-state index < -0.39 is 0 Å². The Morgan fingerprint density at radius 3 is 2.37 bits per heavy atom. The van der Waals surface area contributed by atoms with E-state index in [1.165, 1.54) is 0 Å². The molecule has 0 saturated carbocycles. The lowest BCUT2D eigenvalue weighted by atomic mass is 10.2. The summed E-state index contributed by atoms with van der Waals surface area (Å²) in [6.45, 7) is 6.11. The van der Waals surface area contributed by atoms with Crippen LogP contribution in [0.3, 0.4) is 0 Å². The molecular weight excluding hydrogens is 244 g/mol. The van der Waals surface area contributed by atoms with Gasteiger partial charge in [0.05, 0.1) is 12.2 Å². The highest BCUT2D eigenvalue weighted by molar-refractivity contribution is 5.92. The van der Waals surface area contributed by atoms with Gasteiger partial charge in [-0.05, 0) is 44.5 Å². The molecule has 0 saturated heterocycles. The van der Waals surface area contributed by atoms with Crippen molar-refractivity contribution in [1.29, 1.82) is 0 Å². The maximum absolute atomic E-state index is 11.6. The van der Waals surface area contributed by atoms with Gasteiger partial charge < -0.3 is 15.4 Å². The molecule has 0 bridgehead atoms. The molecule has 2 amide bonds. The number of carbonyl (C=O) groups is 2. The number of amides is 2. The predicted octanol–water partition coefficient (Wildman–Crippen LogP) is 2.78. The maximum Gasteiger partial charge on any atom is 0.338 e. The van der Waals surface area contributed by atoms with Crippen molar-refractivity contribution in [2.45, 2.75) is 33.2 Å². The van der Waals surface area contributed by atoms with Gasteiger partial charge >= 0.3 is 12.0 Å². The van der Waals surface area contributed by atoms with Crippen LogP contribution in [0.5, 0.6) is 0 Å². The van der Waals surface area contributed by atoms with Crippen LogP contribution in [-0.2, 0) is 4.74 Å². The lowest BCUT2D eigenvalue weighted by Crippen LogP contribution is -2.34. The fourth-order valence-electron chi connectivity index (χ4n) is 1.40. The third-order valence-corrected chi connectivity index (χ3v) is 2.24. The predicted molar refractivity (Wildman–Crippen MR) is 74.3 cm³/mol. The van der Waals surface area contributed by atoms with Gasteiger partial charge in [0.15, 0.2) is 0 Å². The van der Waals surface area contributed by atoms with E-state index in [0.29, 0.717) is 17.9 Å². The second-order valence-electron chi connectivity index (χ2n) is 4.47. The standard InChI is InChI=1S/C14H20N2O3/c1-4-9-19-13(17)11-5-7-12(8-6-11)16-14(18)15-10(2)3/h5-8,10H,4,9H2,1-3H3,(H2,15,16,18). The number of hydrogen-bond acceptors (Lipinski definition) is 3. The molecule has 0 unspecified atom stereocenters. The molecule has 0 aliphatic heterocycles. The molecule has 0 radical (unpaired) electrons. The van der Waals surface area contributed by atoms with E-state index in [2.05, 4.69) is 10.6 Å². The second-order valence-corrected chi connectivity index (χ2v) is 4.47. The third-order valence-electron chi connectivity index (χ3n) is 2.24. The van der Waals surface area contributed by atoms with Gasteiger partial charge in [0.1, 0.15) is 0 Å². The average Bonchev–Trinajstić information content (AvgIpc) is 2.35. The summed E-state index contributed by atoms with van der Waals surface area (Å²) in [4.78, 5) is 23.0. The van der Waals surface area contributed by atoms with Crippen molar-refractivity contribution in [3.63, 3.8) is 0 Å². The smallest absolute Gasteiger partial charge is 0.338 e.